The van der Waals surface area contributed by atoms with Crippen molar-refractivity contribution in [1.82, 2.24) is 9.97 Å². The molecule has 0 spiro atoms. The van der Waals surface area contributed by atoms with Crippen LogP contribution in [0, 0.1) is 0 Å². The molecule has 1 unspecified atom stereocenters. The zero-order valence-electron chi connectivity index (χ0n) is 8.95. The van der Waals surface area contributed by atoms with Crippen molar-refractivity contribution < 1.29 is 0 Å². The highest BCUT2D eigenvalue weighted by molar-refractivity contribution is 7.08. The van der Waals surface area contributed by atoms with Gasteiger partial charge in [-0.05, 0) is 24.8 Å². The quantitative estimate of drug-likeness (QED) is 0.837. The molecule has 0 aliphatic heterocycles. The monoisotopic (exact) mass is 221 g/mol. The van der Waals surface area contributed by atoms with E-state index in [1.807, 2.05) is 13.1 Å². The van der Waals surface area contributed by atoms with Crippen LogP contribution in [0.2, 0.25) is 0 Å². The topological polar surface area (TPSA) is 54.7 Å². The molecule has 4 heteroatoms. The SMILES string of the molecule is CCC(C)(N)c1ncc(-c2ccsc2)[nH]1. The minimum Gasteiger partial charge on any atom is -0.340 e. The zero-order valence-corrected chi connectivity index (χ0v) is 9.77. The zero-order chi connectivity index (χ0) is 10.9. The highest BCUT2D eigenvalue weighted by atomic mass is 32.1. The second kappa shape index (κ2) is 3.79. The molecule has 0 aromatic carbocycles. The van der Waals surface area contributed by atoms with Crippen molar-refractivity contribution in [3.05, 3.63) is 28.8 Å². The molecule has 0 fully saturated rings. The predicted octanol–water partition coefficient (Wildman–Crippen LogP) is 2.72. The van der Waals surface area contributed by atoms with E-state index in [4.69, 9.17) is 5.73 Å². The lowest BCUT2D eigenvalue weighted by atomic mass is 10.0. The Hall–Kier alpha value is -1.13. The van der Waals surface area contributed by atoms with Crippen molar-refractivity contribution in [2.45, 2.75) is 25.8 Å². The Bertz CT molecular complexity index is 428. The molecular formula is C11H15N3S. The molecule has 0 aliphatic rings. The molecule has 3 N–H and O–H groups in total. The highest BCUT2D eigenvalue weighted by Gasteiger charge is 2.22. The van der Waals surface area contributed by atoms with Crippen molar-refractivity contribution >= 4 is 11.3 Å². The third kappa shape index (κ3) is 1.96. The van der Waals surface area contributed by atoms with E-state index < -0.39 is 0 Å². The van der Waals surface area contributed by atoms with Gasteiger partial charge in [-0.15, -0.1) is 0 Å². The second-order valence-electron chi connectivity index (χ2n) is 3.93. The lowest BCUT2D eigenvalue weighted by molar-refractivity contribution is 0.450. The van der Waals surface area contributed by atoms with Gasteiger partial charge in [0.15, 0.2) is 0 Å². The molecule has 0 amide bonds. The number of H-pyrrole nitrogens is 1. The van der Waals surface area contributed by atoms with E-state index in [9.17, 15) is 0 Å². The van der Waals surface area contributed by atoms with Crippen molar-refractivity contribution in [3.63, 3.8) is 0 Å². The van der Waals surface area contributed by atoms with E-state index in [2.05, 4.69) is 33.7 Å². The number of imidazole rings is 1. The molecule has 2 heterocycles. The summed E-state index contributed by atoms with van der Waals surface area (Å²) < 4.78 is 0. The van der Waals surface area contributed by atoms with Gasteiger partial charge in [-0.3, -0.25) is 0 Å². The Morgan fingerprint density at radius 1 is 1.60 bits per heavy atom. The van der Waals surface area contributed by atoms with Crippen LogP contribution in [0.1, 0.15) is 26.1 Å². The summed E-state index contributed by atoms with van der Waals surface area (Å²) in [5.74, 6) is 0.853. The summed E-state index contributed by atoms with van der Waals surface area (Å²) in [4.78, 5) is 7.62. The Kier molecular flexibility index (Phi) is 2.63. The Labute approximate surface area is 93.4 Å². The van der Waals surface area contributed by atoms with Gasteiger partial charge < -0.3 is 10.7 Å². The number of nitrogens with two attached hydrogens (primary N) is 1. The second-order valence-corrected chi connectivity index (χ2v) is 4.71. The van der Waals surface area contributed by atoms with E-state index in [0.29, 0.717) is 0 Å². The van der Waals surface area contributed by atoms with E-state index in [-0.39, 0.29) is 5.54 Å². The number of hydrogen-bond donors (Lipinski definition) is 2. The first kappa shape index (κ1) is 10.4. The molecule has 0 saturated heterocycles. The van der Waals surface area contributed by atoms with E-state index in [1.165, 1.54) is 5.56 Å². The molecule has 1 atom stereocenters. The maximum absolute atomic E-state index is 6.11. The van der Waals surface area contributed by atoms with Gasteiger partial charge in [0.25, 0.3) is 0 Å². The van der Waals surface area contributed by atoms with E-state index in [1.54, 1.807) is 11.3 Å². The minimum atomic E-state index is -0.367. The number of aromatic amines is 1. The molecule has 2 aromatic heterocycles. The summed E-state index contributed by atoms with van der Waals surface area (Å²) in [7, 11) is 0. The normalized spacial score (nSPS) is 15.1. The summed E-state index contributed by atoms with van der Waals surface area (Å²) >= 11 is 1.68. The number of thiophene rings is 1. The van der Waals surface area contributed by atoms with Crippen LogP contribution in [0.4, 0.5) is 0 Å². The number of aromatic nitrogens is 2. The third-order valence-corrected chi connectivity index (χ3v) is 3.37. The minimum absolute atomic E-state index is 0.367. The maximum atomic E-state index is 6.11. The molecule has 0 saturated carbocycles. The van der Waals surface area contributed by atoms with Crippen molar-refractivity contribution in [2.75, 3.05) is 0 Å². The van der Waals surface area contributed by atoms with Gasteiger partial charge in [0.2, 0.25) is 0 Å². The van der Waals surface area contributed by atoms with Gasteiger partial charge in [-0.25, -0.2) is 4.98 Å². The molecule has 2 rings (SSSR count). The average Bonchev–Trinajstić information content (AvgIpc) is 2.88. The summed E-state index contributed by atoms with van der Waals surface area (Å²) in [5.41, 5.74) is 7.96. The van der Waals surface area contributed by atoms with Crippen molar-refractivity contribution in [3.8, 4) is 11.3 Å². The number of hydrogen-bond acceptors (Lipinski definition) is 3. The smallest absolute Gasteiger partial charge is 0.126 e. The Morgan fingerprint density at radius 3 is 3.00 bits per heavy atom. The summed E-state index contributed by atoms with van der Waals surface area (Å²) in [6.07, 6.45) is 2.71. The van der Waals surface area contributed by atoms with Crippen LogP contribution in [0.25, 0.3) is 11.3 Å². The predicted molar refractivity (Wildman–Crippen MR) is 63.7 cm³/mol. The Morgan fingerprint density at radius 2 is 2.40 bits per heavy atom. The first-order valence-corrected chi connectivity index (χ1v) is 5.94. The van der Waals surface area contributed by atoms with Crippen LogP contribution in [0.5, 0.6) is 0 Å². The van der Waals surface area contributed by atoms with E-state index >= 15 is 0 Å². The molecule has 15 heavy (non-hydrogen) atoms. The molecule has 3 nitrogen and oxygen atoms in total. The molecule has 2 aromatic rings. The van der Waals surface area contributed by atoms with Gasteiger partial charge >= 0.3 is 0 Å². The fourth-order valence-electron chi connectivity index (χ4n) is 1.34. The molecule has 0 aliphatic carbocycles. The number of nitrogens with one attached hydrogen (secondary N) is 1. The van der Waals surface area contributed by atoms with Crippen molar-refractivity contribution in [2.24, 2.45) is 5.73 Å². The maximum Gasteiger partial charge on any atom is 0.126 e. The summed E-state index contributed by atoms with van der Waals surface area (Å²) in [5, 5.41) is 4.15. The fraction of sp³-hybridized carbons (Fsp3) is 0.364. The molecule has 0 bridgehead atoms. The van der Waals surface area contributed by atoms with Crippen LogP contribution >= 0.6 is 11.3 Å². The van der Waals surface area contributed by atoms with Crippen LogP contribution in [0.15, 0.2) is 23.0 Å². The largest absolute Gasteiger partial charge is 0.340 e. The lowest BCUT2D eigenvalue weighted by Gasteiger charge is -2.19. The van der Waals surface area contributed by atoms with Crippen LogP contribution in [-0.4, -0.2) is 9.97 Å². The van der Waals surface area contributed by atoms with Crippen LogP contribution in [0.3, 0.4) is 0 Å². The Balaban J connectivity index is 2.33. The van der Waals surface area contributed by atoms with Gasteiger partial charge in [0.05, 0.1) is 17.4 Å². The number of rotatable bonds is 3. The van der Waals surface area contributed by atoms with Crippen LogP contribution < -0.4 is 5.73 Å². The number of nitrogens with zero attached hydrogens (tertiary/aromatic N) is 1. The lowest BCUT2D eigenvalue weighted by Crippen LogP contribution is -2.33. The van der Waals surface area contributed by atoms with Gasteiger partial charge in [0, 0.05) is 10.9 Å². The average molecular weight is 221 g/mol. The van der Waals surface area contributed by atoms with Gasteiger partial charge in [0.1, 0.15) is 5.82 Å². The third-order valence-electron chi connectivity index (χ3n) is 2.68. The van der Waals surface area contributed by atoms with Crippen molar-refractivity contribution in [1.29, 1.82) is 0 Å². The first-order valence-electron chi connectivity index (χ1n) is 5.00. The summed E-state index contributed by atoms with van der Waals surface area (Å²) in [6.45, 7) is 4.05. The molecular weight excluding hydrogens is 206 g/mol. The standard InChI is InChI=1S/C11H15N3S/c1-3-11(2,12)10-13-6-9(14-10)8-4-5-15-7-8/h4-7H,3,12H2,1-2H3,(H,13,14). The van der Waals surface area contributed by atoms with Gasteiger partial charge in [-0.1, -0.05) is 6.92 Å². The summed E-state index contributed by atoms with van der Waals surface area (Å²) in [6, 6.07) is 2.07. The molecule has 0 radical (unpaired) electrons. The van der Waals surface area contributed by atoms with E-state index in [0.717, 1.165) is 17.9 Å². The highest BCUT2D eigenvalue weighted by Crippen LogP contribution is 2.24. The first-order chi connectivity index (χ1) is 7.13. The molecule has 80 valence electrons. The fourth-order valence-corrected chi connectivity index (χ4v) is 2.00. The van der Waals surface area contributed by atoms with Crippen LogP contribution in [-0.2, 0) is 5.54 Å². The van der Waals surface area contributed by atoms with Gasteiger partial charge in [-0.2, -0.15) is 11.3 Å².